The number of aromatic nitrogens is 2. The van der Waals surface area contributed by atoms with E-state index in [1.165, 1.54) is 0 Å². The lowest BCUT2D eigenvalue weighted by Crippen LogP contribution is -2.54. The van der Waals surface area contributed by atoms with Gasteiger partial charge >= 0.3 is 6.09 Å². The van der Waals surface area contributed by atoms with Crippen LogP contribution in [-0.2, 0) is 14.3 Å². The van der Waals surface area contributed by atoms with Crippen LogP contribution < -0.4 is 20.4 Å². The average molecular weight is 709 g/mol. The molecule has 1 saturated carbocycles. The van der Waals surface area contributed by atoms with Gasteiger partial charge in [0.05, 0.1) is 11.1 Å². The van der Waals surface area contributed by atoms with Crippen LogP contribution in [0, 0.1) is 0 Å². The third-order valence-electron chi connectivity index (χ3n) is 11.0. The number of fused-ring (bicyclic) bond motifs is 1. The molecule has 4 fully saturated rings. The van der Waals surface area contributed by atoms with E-state index >= 15 is 0 Å². The first-order valence-corrected chi connectivity index (χ1v) is 17.9. The molecule has 270 valence electrons. The van der Waals surface area contributed by atoms with E-state index in [2.05, 4.69) is 30.6 Å². The van der Waals surface area contributed by atoms with E-state index in [0.717, 1.165) is 54.2 Å². The predicted octanol–water partition coefficient (Wildman–Crippen LogP) is 3.26. The minimum absolute atomic E-state index is 0.0730. The molecule has 3 saturated heterocycles. The molecule has 0 spiro atoms. The number of anilines is 3. The molecule has 4 aliphatic heterocycles. The molecular weight excluding hydrogens is 668 g/mol. The minimum atomic E-state index is -0.998. The number of nitrogens with zero attached hydrogens (tertiary/aromatic N) is 5. The smallest absolute Gasteiger partial charge is 0.410 e. The molecule has 52 heavy (non-hydrogen) atoms. The predicted molar refractivity (Wildman–Crippen MR) is 188 cm³/mol. The lowest BCUT2D eigenvalue weighted by atomic mass is 10.0. The van der Waals surface area contributed by atoms with Gasteiger partial charge < -0.3 is 24.8 Å². The van der Waals surface area contributed by atoms with Gasteiger partial charge in [0, 0.05) is 79.8 Å². The van der Waals surface area contributed by atoms with Crippen LogP contribution >= 0.6 is 0 Å². The number of benzene rings is 2. The summed E-state index contributed by atoms with van der Waals surface area (Å²) < 4.78 is 5.73. The minimum Gasteiger partial charge on any atom is -0.446 e. The van der Waals surface area contributed by atoms with Gasteiger partial charge in [-0.25, -0.2) is 4.79 Å². The molecule has 1 unspecified atom stereocenters. The van der Waals surface area contributed by atoms with Crippen LogP contribution in [0.5, 0.6) is 0 Å². The number of hydrogen-bond donors (Lipinski definition) is 3. The van der Waals surface area contributed by atoms with E-state index in [0.29, 0.717) is 37.6 Å². The largest absolute Gasteiger partial charge is 0.446 e. The number of carbonyl (C=O) groups is 6. The maximum atomic E-state index is 13.3. The first-order chi connectivity index (χ1) is 25.1. The van der Waals surface area contributed by atoms with Gasteiger partial charge in [-0.3, -0.25) is 39.3 Å². The van der Waals surface area contributed by atoms with E-state index in [9.17, 15) is 28.8 Å². The molecule has 5 aliphatic rings. The molecule has 4 atom stereocenters. The number of ether oxygens (including phenoxy) is 1. The molecule has 5 heterocycles. The first-order valence-electron chi connectivity index (χ1n) is 17.9. The second kappa shape index (κ2) is 13.4. The first kappa shape index (κ1) is 33.4. The quantitative estimate of drug-likeness (QED) is 0.309. The number of piperazine rings is 1. The Labute approximate surface area is 299 Å². The van der Waals surface area contributed by atoms with Crippen molar-refractivity contribution in [3.05, 3.63) is 70.9 Å². The molecule has 2 aromatic carbocycles. The van der Waals surface area contributed by atoms with Gasteiger partial charge in [-0.2, -0.15) is 5.10 Å². The standard InChI is InChI=1S/C37H40N8O7/c1-21-12-13-44(21)37(51)52-26-8-4-23(18-26)29-20-31(41-40-29)38-33(47)22-2-5-24(6-3-22)42-14-16-43(17-15-42)25-7-9-27-28(19-25)36(50)45(35(27)49)30-10-11-32(46)39-34(30)48/h2-3,5-7,9,19-21,23,26,30H,4,8,10-18H2,1H3,(H,39,46,48)(H2,38,40,41,47)/t21-,23-,26+,30?/m1/s1. The monoisotopic (exact) mass is 708 g/mol. The van der Waals surface area contributed by atoms with Crippen molar-refractivity contribution in [3.8, 4) is 0 Å². The highest BCUT2D eigenvalue weighted by molar-refractivity contribution is 6.23. The zero-order chi connectivity index (χ0) is 36.1. The summed E-state index contributed by atoms with van der Waals surface area (Å²) in [6.45, 7) is 5.52. The van der Waals surface area contributed by atoms with Crippen molar-refractivity contribution in [2.24, 2.45) is 0 Å². The van der Waals surface area contributed by atoms with Crippen molar-refractivity contribution in [3.63, 3.8) is 0 Å². The van der Waals surface area contributed by atoms with Gasteiger partial charge in [-0.1, -0.05) is 0 Å². The second-order valence-electron chi connectivity index (χ2n) is 14.2. The second-order valence-corrected chi connectivity index (χ2v) is 14.2. The lowest BCUT2D eigenvalue weighted by molar-refractivity contribution is -0.136. The van der Waals surface area contributed by atoms with Crippen molar-refractivity contribution in [2.45, 2.75) is 69.6 Å². The van der Waals surface area contributed by atoms with Gasteiger partial charge in [0.15, 0.2) is 5.82 Å². The Hall–Kier alpha value is -5.73. The Kier molecular flexibility index (Phi) is 8.63. The molecule has 8 rings (SSSR count). The van der Waals surface area contributed by atoms with E-state index in [-0.39, 0.29) is 54.0 Å². The van der Waals surface area contributed by atoms with Crippen LogP contribution in [0.2, 0.25) is 0 Å². The lowest BCUT2D eigenvalue weighted by Gasteiger charge is -2.38. The summed E-state index contributed by atoms with van der Waals surface area (Å²) in [6, 6.07) is 13.7. The molecule has 15 nitrogen and oxygen atoms in total. The van der Waals surface area contributed by atoms with Crippen LogP contribution in [0.4, 0.5) is 22.0 Å². The maximum Gasteiger partial charge on any atom is 0.410 e. The Bertz CT molecular complexity index is 1950. The van der Waals surface area contributed by atoms with Gasteiger partial charge in [-0.05, 0) is 81.5 Å². The SMILES string of the molecule is C[C@@H]1CCN1C(=O)O[C@H]1CC[C@@H](c2cc(NC(=O)c3ccc(N4CCN(c5ccc6c(c5)C(=O)N(C5CCC(=O)NC5=O)C6=O)CC4)cc3)n[nH]2)C1. The normalized spacial score (nSPS) is 24.5. The highest BCUT2D eigenvalue weighted by Crippen LogP contribution is 2.37. The van der Waals surface area contributed by atoms with E-state index in [1.54, 1.807) is 29.2 Å². The highest BCUT2D eigenvalue weighted by atomic mass is 16.6. The molecule has 3 N–H and O–H groups in total. The fourth-order valence-electron chi connectivity index (χ4n) is 7.83. The molecule has 0 radical (unpaired) electrons. The number of piperidine rings is 1. The number of H-pyrrole nitrogens is 1. The summed E-state index contributed by atoms with van der Waals surface area (Å²) in [6.07, 6.45) is 3.24. The summed E-state index contributed by atoms with van der Waals surface area (Å²) >= 11 is 0. The van der Waals surface area contributed by atoms with Crippen LogP contribution in [0.3, 0.4) is 0 Å². The number of aromatic amines is 1. The fraction of sp³-hybridized carbons (Fsp3) is 0.432. The van der Waals surface area contributed by atoms with Crippen LogP contribution in [0.1, 0.15) is 88.1 Å². The molecule has 1 aliphatic carbocycles. The molecule has 3 aromatic rings. The number of likely N-dealkylation sites (tertiary alicyclic amines) is 1. The molecule has 0 bridgehead atoms. The number of nitrogens with one attached hydrogen (secondary N) is 3. The third kappa shape index (κ3) is 6.24. The van der Waals surface area contributed by atoms with Crippen LogP contribution in [-0.4, -0.2) is 107 Å². The zero-order valence-corrected chi connectivity index (χ0v) is 28.8. The third-order valence-corrected chi connectivity index (χ3v) is 11.0. The molecular formula is C37H40N8O7. The Morgan fingerprint density at radius 2 is 1.54 bits per heavy atom. The average Bonchev–Trinajstić information content (AvgIpc) is 3.86. The topological polar surface area (TPSA) is 177 Å². The summed E-state index contributed by atoms with van der Waals surface area (Å²) in [5, 5.41) is 12.4. The Morgan fingerprint density at radius 1 is 0.827 bits per heavy atom. The van der Waals surface area contributed by atoms with Crippen molar-refractivity contribution in [2.75, 3.05) is 47.8 Å². The number of rotatable bonds is 7. The summed E-state index contributed by atoms with van der Waals surface area (Å²) in [7, 11) is 0. The zero-order valence-electron chi connectivity index (χ0n) is 28.8. The van der Waals surface area contributed by atoms with E-state index < -0.39 is 29.7 Å². The van der Waals surface area contributed by atoms with Crippen molar-refractivity contribution < 1.29 is 33.5 Å². The Balaban J connectivity index is 0.827. The van der Waals surface area contributed by atoms with Gasteiger partial charge in [0.2, 0.25) is 11.8 Å². The van der Waals surface area contributed by atoms with Crippen molar-refractivity contribution in [1.29, 1.82) is 0 Å². The number of amides is 6. The van der Waals surface area contributed by atoms with Crippen LogP contribution in [0.25, 0.3) is 0 Å². The van der Waals surface area contributed by atoms with Crippen molar-refractivity contribution in [1.82, 2.24) is 25.3 Å². The van der Waals surface area contributed by atoms with Gasteiger partial charge in [-0.15, -0.1) is 0 Å². The maximum absolute atomic E-state index is 13.3. The number of carbonyl (C=O) groups excluding carboxylic acids is 6. The van der Waals surface area contributed by atoms with Gasteiger partial charge in [0.25, 0.3) is 17.7 Å². The molecule has 15 heteroatoms. The Morgan fingerprint density at radius 3 is 2.23 bits per heavy atom. The summed E-state index contributed by atoms with van der Waals surface area (Å²) in [5.41, 5.74) is 3.72. The molecule has 1 aromatic heterocycles. The number of imide groups is 2. The summed E-state index contributed by atoms with van der Waals surface area (Å²) in [5.74, 6) is -1.73. The van der Waals surface area contributed by atoms with Crippen molar-refractivity contribution >= 4 is 52.8 Å². The highest BCUT2D eigenvalue weighted by Gasteiger charge is 2.45. The molecule has 6 amide bonds. The van der Waals surface area contributed by atoms with E-state index in [4.69, 9.17) is 4.74 Å². The fourth-order valence-corrected chi connectivity index (χ4v) is 7.83. The van der Waals surface area contributed by atoms with Crippen LogP contribution in [0.15, 0.2) is 48.5 Å². The van der Waals surface area contributed by atoms with Gasteiger partial charge in [0.1, 0.15) is 12.1 Å². The number of hydrogen-bond acceptors (Lipinski definition) is 10. The van der Waals surface area contributed by atoms with E-state index in [1.807, 2.05) is 31.2 Å². The summed E-state index contributed by atoms with van der Waals surface area (Å²) in [4.78, 5) is 82.9.